The van der Waals surface area contributed by atoms with E-state index >= 15 is 0 Å². The van der Waals surface area contributed by atoms with Gasteiger partial charge >= 0.3 is 0 Å². The van der Waals surface area contributed by atoms with Crippen LogP contribution in [0.5, 0.6) is 5.75 Å². The standard InChI is InChI=1S/C14H21BrN2O/c1-11-9-13(10-12(2)14(11)15)18-8-7-17-5-3-16-4-6-17/h9-10,16H,3-8H2,1-2H3. The van der Waals surface area contributed by atoms with E-state index in [9.17, 15) is 0 Å². The summed E-state index contributed by atoms with van der Waals surface area (Å²) >= 11 is 3.57. The van der Waals surface area contributed by atoms with Gasteiger partial charge in [0.25, 0.3) is 0 Å². The number of ether oxygens (including phenoxy) is 1. The minimum atomic E-state index is 0.764. The molecule has 0 aromatic heterocycles. The molecule has 1 heterocycles. The van der Waals surface area contributed by atoms with Crippen molar-refractivity contribution in [3.8, 4) is 5.75 Å². The molecule has 1 N–H and O–H groups in total. The molecule has 18 heavy (non-hydrogen) atoms. The Labute approximate surface area is 118 Å². The Morgan fingerprint density at radius 2 is 1.83 bits per heavy atom. The summed E-state index contributed by atoms with van der Waals surface area (Å²) in [4.78, 5) is 2.44. The van der Waals surface area contributed by atoms with Crippen LogP contribution in [0.15, 0.2) is 16.6 Å². The zero-order chi connectivity index (χ0) is 13.0. The van der Waals surface area contributed by atoms with Crippen molar-refractivity contribution in [1.82, 2.24) is 10.2 Å². The molecule has 4 heteroatoms. The molecule has 1 aliphatic rings. The van der Waals surface area contributed by atoms with Gasteiger partial charge in [0.15, 0.2) is 0 Å². The lowest BCUT2D eigenvalue weighted by molar-refractivity contribution is 0.191. The third kappa shape index (κ3) is 3.70. The lowest BCUT2D eigenvalue weighted by atomic mass is 10.1. The van der Waals surface area contributed by atoms with Gasteiger partial charge in [-0.05, 0) is 37.1 Å². The second kappa shape index (κ2) is 6.55. The van der Waals surface area contributed by atoms with Crippen LogP contribution in [0.1, 0.15) is 11.1 Å². The number of hydrogen-bond acceptors (Lipinski definition) is 3. The molecule has 0 saturated carbocycles. The second-order valence-electron chi connectivity index (χ2n) is 4.81. The quantitative estimate of drug-likeness (QED) is 0.923. The number of aryl methyl sites for hydroxylation is 2. The van der Waals surface area contributed by atoms with Crippen LogP contribution >= 0.6 is 15.9 Å². The highest BCUT2D eigenvalue weighted by atomic mass is 79.9. The summed E-state index contributed by atoms with van der Waals surface area (Å²) in [7, 11) is 0. The summed E-state index contributed by atoms with van der Waals surface area (Å²) in [6, 6.07) is 4.18. The molecule has 1 aromatic rings. The van der Waals surface area contributed by atoms with Crippen LogP contribution in [0.2, 0.25) is 0 Å². The molecule has 0 spiro atoms. The average Bonchev–Trinajstić information content (AvgIpc) is 2.37. The van der Waals surface area contributed by atoms with Gasteiger partial charge in [-0.1, -0.05) is 15.9 Å². The fourth-order valence-corrected chi connectivity index (χ4v) is 2.45. The number of nitrogens with one attached hydrogen (secondary N) is 1. The summed E-state index contributed by atoms with van der Waals surface area (Å²) in [5.41, 5.74) is 2.46. The maximum Gasteiger partial charge on any atom is 0.119 e. The first-order valence-electron chi connectivity index (χ1n) is 6.49. The van der Waals surface area contributed by atoms with Gasteiger partial charge < -0.3 is 10.1 Å². The fourth-order valence-electron chi connectivity index (χ4n) is 2.22. The van der Waals surface area contributed by atoms with Gasteiger partial charge in [0, 0.05) is 37.2 Å². The van der Waals surface area contributed by atoms with Crippen LogP contribution in [0, 0.1) is 13.8 Å². The molecule has 0 bridgehead atoms. The van der Waals surface area contributed by atoms with E-state index in [0.29, 0.717) is 0 Å². The van der Waals surface area contributed by atoms with Gasteiger partial charge in [0.05, 0.1) is 0 Å². The molecule has 1 aromatic carbocycles. The fraction of sp³-hybridized carbons (Fsp3) is 0.571. The first-order valence-corrected chi connectivity index (χ1v) is 7.29. The topological polar surface area (TPSA) is 24.5 Å². The van der Waals surface area contributed by atoms with Crippen LogP contribution in [-0.4, -0.2) is 44.2 Å². The summed E-state index contributed by atoms with van der Waals surface area (Å²) in [6.45, 7) is 10.4. The van der Waals surface area contributed by atoms with Crippen molar-refractivity contribution in [2.24, 2.45) is 0 Å². The first kappa shape index (κ1) is 13.8. The van der Waals surface area contributed by atoms with Crippen molar-refractivity contribution in [1.29, 1.82) is 0 Å². The molecule has 0 unspecified atom stereocenters. The van der Waals surface area contributed by atoms with Gasteiger partial charge in [-0.25, -0.2) is 0 Å². The largest absolute Gasteiger partial charge is 0.492 e. The maximum atomic E-state index is 5.84. The Morgan fingerprint density at radius 3 is 2.44 bits per heavy atom. The van der Waals surface area contributed by atoms with E-state index in [4.69, 9.17) is 4.74 Å². The Morgan fingerprint density at radius 1 is 1.22 bits per heavy atom. The molecule has 0 atom stereocenters. The normalized spacial score (nSPS) is 16.8. The molecule has 3 nitrogen and oxygen atoms in total. The summed E-state index contributed by atoms with van der Waals surface area (Å²) in [6.07, 6.45) is 0. The number of rotatable bonds is 4. The Kier molecular flexibility index (Phi) is 5.03. The van der Waals surface area contributed by atoms with Crippen LogP contribution in [-0.2, 0) is 0 Å². The van der Waals surface area contributed by atoms with E-state index in [2.05, 4.69) is 52.1 Å². The van der Waals surface area contributed by atoms with Crippen molar-refractivity contribution in [3.63, 3.8) is 0 Å². The van der Waals surface area contributed by atoms with Crippen LogP contribution in [0.25, 0.3) is 0 Å². The Bertz CT molecular complexity index is 380. The number of nitrogens with zero attached hydrogens (tertiary/aromatic N) is 1. The van der Waals surface area contributed by atoms with E-state index in [1.807, 2.05) is 0 Å². The van der Waals surface area contributed by atoms with Crippen LogP contribution in [0.4, 0.5) is 0 Å². The highest BCUT2D eigenvalue weighted by Gasteiger charge is 2.09. The lowest BCUT2D eigenvalue weighted by Crippen LogP contribution is -2.44. The predicted octanol–water partition coefficient (Wildman–Crippen LogP) is 2.35. The van der Waals surface area contributed by atoms with Gasteiger partial charge in [0.2, 0.25) is 0 Å². The van der Waals surface area contributed by atoms with E-state index < -0.39 is 0 Å². The lowest BCUT2D eigenvalue weighted by Gasteiger charge is -2.27. The van der Waals surface area contributed by atoms with Crippen molar-refractivity contribution < 1.29 is 4.74 Å². The minimum Gasteiger partial charge on any atom is -0.492 e. The Hall–Kier alpha value is -0.580. The molecular weight excluding hydrogens is 292 g/mol. The molecule has 1 saturated heterocycles. The van der Waals surface area contributed by atoms with Gasteiger partial charge in [-0.3, -0.25) is 4.90 Å². The molecule has 1 aliphatic heterocycles. The summed E-state index contributed by atoms with van der Waals surface area (Å²) < 4.78 is 7.02. The van der Waals surface area contributed by atoms with E-state index in [1.54, 1.807) is 0 Å². The minimum absolute atomic E-state index is 0.764. The van der Waals surface area contributed by atoms with Crippen molar-refractivity contribution in [3.05, 3.63) is 27.7 Å². The summed E-state index contributed by atoms with van der Waals surface area (Å²) in [5.74, 6) is 0.975. The second-order valence-corrected chi connectivity index (χ2v) is 5.60. The average molecular weight is 313 g/mol. The Balaban J connectivity index is 1.82. The van der Waals surface area contributed by atoms with E-state index in [1.165, 1.54) is 15.6 Å². The maximum absolute atomic E-state index is 5.84. The van der Waals surface area contributed by atoms with Crippen LogP contribution in [0.3, 0.4) is 0 Å². The molecule has 0 amide bonds. The van der Waals surface area contributed by atoms with Crippen molar-refractivity contribution in [2.45, 2.75) is 13.8 Å². The van der Waals surface area contributed by atoms with E-state index in [0.717, 1.165) is 45.1 Å². The molecular formula is C14H21BrN2O. The summed E-state index contributed by atoms with van der Waals surface area (Å²) in [5, 5.41) is 3.36. The molecule has 100 valence electrons. The zero-order valence-corrected chi connectivity index (χ0v) is 12.7. The van der Waals surface area contributed by atoms with Gasteiger partial charge in [-0.2, -0.15) is 0 Å². The van der Waals surface area contributed by atoms with Gasteiger partial charge in [0.1, 0.15) is 12.4 Å². The predicted molar refractivity (Wildman–Crippen MR) is 78.4 cm³/mol. The molecule has 1 fully saturated rings. The highest BCUT2D eigenvalue weighted by molar-refractivity contribution is 9.10. The monoisotopic (exact) mass is 312 g/mol. The molecule has 0 aliphatic carbocycles. The molecule has 0 radical (unpaired) electrons. The van der Waals surface area contributed by atoms with Gasteiger partial charge in [-0.15, -0.1) is 0 Å². The zero-order valence-electron chi connectivity index (χ0n) is 11.1. The number of halogens is 1. The third-order valence-electron chi connectivity index (χ3n) is 3.30. The molecule has 2 rings (SSSR count). The van der Waals surface area contributed by atoms with Crippen molar-refractivity contribution >= 4 is 15.9 Å². The van der Waals surface area contributed by atoms with Crippen LogP contribution < -0.4 is 10.1 Å². The first-order chi connectivity index (χ1) is 8.66. The highest BCUT2D eigenvalue weighted by Crippen LogP contribution is 2.26. The van der Waals surface area contributed by atoms with Crippen molar-refractivity contribution in [2.75, 3.05) is 39.3 Å². The smallest absolute Gasteiger partial charge is 0.119 e. The number of piperazine rings is 1. The number of hydrogen-bond donors (Lipinski definition) is 1. The number of benzene rings is 1. The third-order valence-corrected chi connectivity index (χ3v) is 4.55. The van der Waals surface area contributed by atoms with E-state index in [-0.39, 0.29) is 0 Å². The SMILES string of the molecule is Cc1cc(OCCN2CCNCC2)cc(C)c1Br.